The molecule has 4 atom stereocenters. The summed E-state index contributed by atoms with van der Waals surface area (Å²) in [5.74, 6) is -2.27. The predicted molar refractivity (Wildman–Crippen MR) is 163 cm³/mol. The number of aliphatic hydroxyl groups excluding tert-OH is 2. The number of hydrogen-bond donors (Lipinski definition) is 2. The van der Waals surface area contributed by atoms with Gasteiger partial charge in [0.25, 0.3) is 0 Å². The summed E-state index contributed by atoms with van der Waals surface area (Å²) in [7, 11) is 0. The van der Waals surface area contributed by atoms with E-state index in [1.54, 1.807) is 26.8 Å². The van der Waals surface area contributed by atoms with Crippen LogP contribution in [0.2, 0.25) is 0 Å². The Morgan fingerprint density at radius 3 is 2.02 bits per heavy atom. The van der Waals surface area contributed by atoms with Crippen LogP contribution in [0.15, 0.2) is 57.9 Å². The standard InChI is InChI=1S/C35H52O5/c1-22(2)12-11-18-33(10)27(15-13-23(3)4)20-34(19-17-26(9)21-36)30(38)28(16-14-24(5)6)31(39)35(33,32(34)40)29(37)25(7)8/h12-14,17,25,27,36,38H,11,15-16,18-21H2,1-10H3/b26-17+/t27-,33?,34-,35+/m1/s1. The van der Waals surface area contributed by atoms with Gasteiger partial charge in [-0.25, -0.2) is 0 Å². The number of hydrogen-bond acceptors (Lipinski definition) is 5. The fourth-order valence-electron chi connectivity index (χ4n) is 6.75. The monoisotopic (exact) mass is 552 g/mol. The van der Waals surface area contributed by atoms with Gasteiger partial charge in [0.15, 0.2) is 22.8 Å². The number of carbonyl (C=O) groups excluding carboxylic acids is 3. The van der Waals surface area contributed by atoms with E-state index in [1.807, 2.05) is 54.5 Å². The predicted octanol–water partition coefficient (Wildman–Crippen LogP) is 7.96. The number of carbonyl (C=O) groups is 3. The van der Waals surface area contributed by atoms with E-state index >= 15 is 4.79 Å². The highest BCUT2D eigenvalue weighted by Gasteiger charge is 2.75. The zero-order valence-electron chi connectivity index (χ0n) is 26.5. The van der Waals surface area contributed by atoms with Crippen molar-refractivity contribution >= 4 is 17.3 Å². The lowest BCUT2D eigenvalue weighted by Gasteiger charge is -2.61. The van der Waals surface area contributed by atoms with E-state index in [0.29, 0.717) is 31.3 Å². The molecule has 2 aliphatic carbocycles. The topological polar surface area (TPSA) is 91.7 Å². The minimum atomic E-state index is -1.90. The zero-order valence-corrected chi connectivity index (χ0v) is 26.5. The molecule has 5 heteroatoms. The summed E-state index contributed by atoms with van der Waals surface area (Å²) in [4.78, 5) is 44.3. The second kappa shape index (κ2) is 13.0. The van der Waals surface area contributed by atoms with Crippen molar-refractivity contribution in [2.24, 2.45) is 28.1 Å². The highest BCUT2D eigenvalue weighted by atomic mass is 16.3. The van der Waals surface area contributed by atoms with Crippen LogP contribution in [-0.2, 0) is 14.4 Å². The van der Waals surface area contributed by atoms with Gasteiger partial charge >= 0.3 is 0 Å². The van der Waals surface area contributed by atoms with Crippen molar-refractivity contribution in [2.75, 3.05) is 6.61 Å². The lowest BCUT2D eigenvalue weighted by Crippen LogP contribution is -2.71. The van der Waals surface area contributed by atoms with E-state index in [2.05, 4.69) is 12.2 Å². The molecular formula is C35H52O5. The van der Waals surface area contributed by atoms with Crippen molar-refractivity contribution in [2.45, 2.75) is 108 Å². The Labute approximate surface area is 242 Å². The first-order valence-corrected chi connectivity index (χ1v) is 14.8. The smallest absolute Gasteiger partial charge is 0.184 e. The Balaban J connectivity index is 3.09. The molecule has 40 heavy (non-hydrogen) atoms. The first kappa shape index (κ1) is 33.7. The maximum Gasteiger partial charge on any atom is 0.184 e. The first-order chi connectivity index (χ1) is 18.5. The Hall–Kier alpha value is -2.53. The molecule has 0 spiro atoms. The molecule has 1 unspecified atom stereocenters. The number of fused-ring (bicyclic) bond motifs is 2. The summed E-state index contributed by atoms with van der Waals surface area (Å²) in [6.45, 7) is 19.0. The van der Waals surface area contributed by atoms with Gasteiger partial charge in [-0.3, -0.25) is 14.4 Å². The highest BCUT2D eigenvalue weighted by Crippen LogP contribution is 2.67. The molecule has 5 nitrogen and oxygen atoms in total. The molecule has 1 fully saturated rings. The van der Waals surface area contributed by atoms with Crippen LogP contribution in [0.1, 0.15) is 108 Å². The number of Topliss-reactive ketones (excluding diaryl/α,β-unsaturated/α-hetero) is 3. The van der Waals surface area contributed by atoms with Crippen molar-refractivity contribution in [3.8, 4) is 0 Å². The summed E-state index contributed by atoms with van der Waals surface area (Å²) < 4.78 is 0. The van der Waals surface area contributed by atoms with Crippen LogP contribution in [0.3, 0.4) is 0 Å². The lowest BCUT2D eigenvalue weighted by atomic mass is 9.38. The quantitative estimate of drug-likeness (QED) is 0.189. The lowest BCUT2D eigenvalue weighted by molar-refractivity contribution is -0.180. The molecule has 0 aliphatic heterocycles. The second-order valence-electron chi connectivity index (χ2n) is 13.4. The summed E-state index contributed by atoms with van der Waals surface area (Å²) >= 11 is 0. The third-order valence-corrected chi connectivity index (χ3v) is 9.17. The molecule has 2 rings (SSSR count). The van der Waals surface area contributed by atoms with Gasteiger partial charge in [-0.1, -0.05) is 67.4 Å². The summed E-state index contributed by atoms with van der Waals surface area (Å²) in [5, 5.41) is 21.6. The van der Waals surface area contributed by atoms with E-state index in [-0.39, 0.29) is 42.5 Å². The van der Waals surface area contributed by atoms with E-state index in [9.17, 15) is 19.8 Å². The fourth-order valence-corrected chi connectivity index (χ4v) is 6.75. The van der Waals surface area contributed by atoms with Crippen LogP contribution in [0.4, 0.5) is 0 Å². The van der Waals surface area contributed by atoms with Crippen LogP contribution in [0.25, 0.3) is 0 Å². The maximum atomic E-state index is 15.0. The highest BCUT2D eigenvalue weighted by molar-refractivity contribution is 6.33. The maximum absolute atomic E-state index is 15.0. The molecule has 222 valence electrons. The molecule has 0 saturated heterocycles. The number of allylic oxidation sites excluding steroid dienone is 9. The van der Waals surface area contributed by atoms with Gasteiger partial charge < -0.3 is 10.2 Å². The normalized spacial score (nSPS) is 28.5. The third kappa shape index (κ3) is 5.91. The van der Waals surface area contributed by atoms with E-state index in [4.69, 9.17) is 0 Å². The Morgan fingerprint density at radius 1 is 0.950 bits per heavy atom. The Bertz CT molecular complexity index is 1160. The summed E-state index contributed by atoms with van der Waals surface area (Å²) in [6.07, 6.45) is 10.3. The van der Waals surface area contributed by atoms with Crippen LogP contribution >= 0.6 is 0 Å². The molecular weight excluding hydrogens is 500 g/mol. The van der Waals surface area contributed by atoms with Crippen molar-refractivity contribution < 1.29 is 24.6 Å². The molecule has 0 heterocycles. The van der Waals surface area contributed by atoms with Gasteiger partial charge in [0, 0.05) is 11.5 Å². The largest absolute Gasteiger partial charge is 0.511 e. The van der Waals surface area contributed by atoms with Crippen molar-refractivity contribution in [1.82, 2.24) is 0 Å². The fraction of sp³-hybridized carbons (Fsp3) is 0.629. The van der Waals surface area contributed by atoms with Crippen molar-refractivity contribution in [3.63, 3.8) is 0 Å². The van der Waals surface area contributed by atoms with Crippen LogP contribution in [0, 0.1) is 28.1 Å². The van der Waals surface area contributed by atoms with Crippen LogP contribution < -0.4 is 0 Å². The van der Waals surface area contributed by atoms with Gasteiger partial charge in [-0.05, 0) is 98.3 Å². The van der Waals surface area contributed by atoms with Crippen LogP contribution in [-0.4, -0.2) is 34.2 Å². The SMILES string of the molecule is CC(C)=CCCC1(C)[C@H](CC=C(C)C)C[C@@]2(C/C=C(\C)CO)C(=O)[C@]1(C(=O)C(C)C)C(=O)C(CC=C(C)C)=C2O. The van der Waals surface area contributed by atoms with Gasteiger partial charge in [-0.15, -0.1) is 0 Å². The van der Waals surface area contributed by atoms with Gasteiger partial charge in [0.2, 0.25) is 0 Å². The molecule has 1 saturated carbocycles. The zero-order chi connectivity index (χ0) is 30.6. The van der Waals surface area contributed by atoms with Crippen molar-refractivity contribution in [1.29, 1.82) is 0 Å². The molecule has 0 aromatic rings. The van der Waals surface area contributed by atoms with E-state index in [0.717, 1.165) is 16.7 Å². The molecule has 2 bridgehead atoms. The molecule has 0 aromatic heterocycles. The molecule has 2 aliphatic rings. The average molecular weight is 553 g/mol. The molecule has 0 aromatic carbocycles. The Morgan fingerprint density at radius 2 is 1.52 bits per heavy atom. The molecule has 2 N–H and O–H groups in total. The van der Waals surface area contributed by atoms with Crippen molar-refractivity contribution in [3.05, 3.63) is 57.9 Å². The number of aliphatic hydroxyl groups is 2. The minimum Gasteiger partial charge on any atom is -0.511 e. The Kier molecular flexibility index (Phi) is 10.9. The molecule has 0 amide bonds. The second-order valence-corrected chi connectivity index (χ2v) is 13.4. The third-order valence-electron chi connectivity index (χ3n) is 9.17. The number of ketones is 3. The first-order valence-electron chi connectivity index (χ1n) is 14.8. The number of rotatable bonds is 12. The summed E-state index contributed by atoms with van der Waals surface area (Å²) in [6, 6.07) is 0. The summed E-state index contributed by atoms with van der Waals surface area (Å²) in [5.41, 5.74) is -0.142. The van der Waals surface area contributed by atoms with Gasteiger partial charge in [0.1, 0.15) is 5.76 Å². The molecule has 0 radical (unpaired) electrons. The van der Waals surface area contributed by atoms with E-state index in [1.165, 1.54) is 0 Å². The average Bonchev–Trinajstić information content (AvgIpc) is 2.86. The van der Waals surface area contributed by atoms with Crippen LogP contribution in [0.5, 0.6) is 0 Å². The van der Waals surface area contributed by atoms with E-state index < -0.39 is 33.7 Å². The minimum absolute atomic E-state index is 0.137. The van der Waals surface area contributed by atoms with Gasteiger partial charge in [-0.2, -0.15) is 0 Å². The van der Waals surface area contributed by atoms with Gasteiger partial charge in [0.05, 0.1) is 12.0 Å².